The molecule has 1 heterocycles. The zero-order valence-corrected chi connectivity index (χ0v) is 16.4. The van der Waals surface area contributed by atoms with Crippen LogP contribution in [0.25, 0.3) is 0 Å². The molecule has 3 rings (SSSR count). The van der Waals surface area contributed by atoms with Gasteiger partial charge in [0.05, 0.1) is 16.7 Å². The van der Waals surface area contributed by atoms with Crippen molar-refractivity contribution in [1.82, 2.24) is 9.80 Å². The largest absolute Gasteiger partial charge is 0.383 e. The first kappa shape index (κ1) is 20.2. The van der Waals surface area contributed by atoms with Gasteiger partial charge in [-0.25, -0.2) is 0 Å². The Kier molecular flexibility index (Phi) is 6.02. The summed E-state index contributed by atoms with van der Waals surface area (Å²) in [5.74, 6) is -1.35. The molecule has 6 heteroatoms. The summed E-state index contributed by atoms with van der Waals surface area (Å²) < 4.78 is 0. The minimum absolute atomic E-state index is 0.0612. The standard InChI is InChI=1S/C23H22N2O4/c1-24(2)15-19(21(27)16-9-4-3-5-10-16)20(26)13-8-14-25-22(28)17-11-6-7-12-18(17)23(25)29/h3-7,9-12,15H,8,13-14H2,1-2H3/b19-15+. The van der Waals surface area contributed by atoms with E-state index in [0.717, 1.165) is 4.90 Å². The van der Waals surface area contributed by atoms with Crippen LogP contribution in [0.5, 0.6) is 0 Å². The van der Waals surface area contributed by atoms with Crippen molar-refractivity contribution >= 4 is 23.4 Å². The van der Waals surface area contributed by atoms with Crippen LogP contribution in [0.4, 0.5) is 0 Å². The van der Waals surface area contributed by atoms with E-state index in [1.165, 1.54) is 6.20 Å². The van der Waals surface area contributed by atoms with Crippen LogP contribution >= 0.6 is 0 Å². The van der Waals surface area contributed by atoms with Gasteiger partial charge in [-0.15, -0.1) is 0 Å². The topological polar surface area (TPSA) is 74.8 Å². The molecule has 0 radical (unpaired) electrons. The number of rotatable bonds is 8. The van der Waals surface area contributed by atoms with Gasteiger partial charge in [0.2, 0.25) is 0 Å². The Morgan fingerprint density at radius 1 is 0.897 bits per heavy atom. The predicted molar refractivity (Wildman–Crippen MR) is 109 cm³/mol. The van der Waals surface area contributed by atoms with Crippen LogP contribution in [-0.4, -0.2) is 53.8 Å². The summed E-state index contributed by atoms with van der Waals surface area (Å²) in [6.45, 7) is 0.132. The van der Waals surface area contributed by atoms with E-state index < -0.39 is 0 Å². The molecule has 0 aromatic heterocycles. The lowest BCUT2D eigenvalue weighted by Gasteiger charge is -2.14. The van der Waals surface area contributed by atoms with Crippen LogP contribution in [0.15, 0.2) is 66.4 Å². The fraction of sp³-hybridized carbons (Fsp3) is 0.217. The summed E-state index contributed by atoms with van der Waals surface area (Å²) in [7, 11) is 3.48. The number of carbonyl (C=O) groups excluding carboxylic acids is 4. The lowest BCUT2D eigenvalue weighted by molar-refractivity contribution is -0.115. The Morgan fingerprint density at radius 3 is 2.00 bits per heavy atom. The summed E-state index contributed by atoms with van der Waals surface area (Å²) in [4.78, 5) is 53.1. The highest BCUT2D eigenvalue weighted by atomic mass is 16.2. The van der Waals surface area contributed by atoms with Crippen LogP contribution in [0.2, 0.25) is 0 Å². The van der Waals surface area contributed by atoms with E-state index in [4.69, 9.17) is 0 Å². The van der Waals surface area contributed by atoms with E-state index in [1.54, 1.807) is 73.6 Å². The second-order valence-corrected chi connectivity index (χ2v) is 7.04. The van der Waals surface area contributed by atoms with Crippen LogP contribution in [0.3, 0.4) is 0 Å². The first-order valence-corrected chi connectivity index (χ1v) is 9.36. The monoisotopic (exact) mass is 390 g/mol. The number of ketones is 2. The Balaban J connectivity index is 1.66. The molecule has 1 aliphatic heterocycles. The molecule has 0 spiro atoms. The summed E-state index contributed by atoms with van der Waals surface area (Å²) in [6.07, 6.45) is 1.86. The van der Waals surface area contributed by atoms with Gasteiger partial charge in [-0.2, -0.15) is 0 Å². The third-order valence-corrected chi connectivity index (χ3v) is 4.63. The maximum Gasteiger partial charge on any atom is 0.261 e. The normalized spacial score (nSPS) is 13.4. The first-order valence-electron chi connectivity index (χ1n) is 9.36. The number of Topliss-reactive ketones (excluding diaryl/α,β-unsaturated/α-hetero) is 2. The molecule has 0 aliphatic carbocycles. The first-order chi connectivity index (χ1) is 13.9. The number of hydrogen-bond donors (Lipinski definition) is 0. The van der Waals surface area contributed by atoms with Crippen molar-refractivity contribution in [3.63, 3.8) is 0 Å². The molecule has 2 aromatic rings. The second-order valence-electron chi connectivity index (χ2n) is 7.04. The molecule has 1 aliphatic rings. The molecule has 0 bridgehead atoms. The Morgan fingerprint density at radius 2 is 1.45 bits per heavy atom. The summed E-state index contributed by atoms with van der Waals surface area (Å²) in [5.41, 5.74) is 1.30. The van der Waals surface area contributed by atoms with Crippen LogP contribution in [-0.2, 0) is 4.79 Å². The SMILES string of the molecule is CN(C)/C=C(\C(=O)CCCN1C(=O)c2ccccc2C1=O)C(=O)c1ccccc1. The van der Waals surface area contributed by atoms with Crippen LogP contribution < -0.4 is 0 Å². The van der Waals surface area contributed by atoms with Gasteiger partial charge in [-0.3, -0.25) is 24.1 Å². The average molecular weight is 390 g/mol. The van der Waals surface area contributed by atoms with Gasteiger partial charge in [-0.05, 0) is 18.6 Å². The minimum atomic E-state index is -0.345. The van der Waals surface area contributed by atoms with E-state index in [0.29, 0.717) is 16.7 Å². The van der Waals surface area contributed by atoms with Gasteiger partial charge in [-0.1, -0.05) is 42.5 Å². The van der Waals surface area contributed by atoms with Gasteiger partial charge in [0.1, 0.15) is 0 Å². The summed E-state index contributed by atoms with van der Waals surface area (Å²) >= 11 is 0. The van der Waals surface area contributed by atoms with E-state index in [-0.39, 0.29) is 48.3 Å². The van der Waals surface area contributed by atoms with Crippen molar-refractivity contribution in [3.8, 4) is 0 Å². The maximum absolute atomic E-state index is 12.8. The fourth-order valence-corrected chi connectivity index (χ4v) is 3.24. The van der Waals surface area contributed by atoms with Gasteiger partial charge >= 0.3 is 0 Å². The Bertz CT molecular complexity index is 958. The van der Waals surface area contributed by atoms with Crippen molar-refractivity contribution < 1.29 is 19.2 Å². The quantitative estimate of drug-likeness (QED) is 0.228. The number of benzene rings is 2. The Labute approximate surface area is 169 Å². The predicted octanol–water partition coefficient (Wildman–Crippen LogP) is 2.96. The molecule has 148 valence electrons. The number of hydrogen-bond acceptors (Lipinski definition) is 5. The van der Waals surface area contributed by atoms with E-state index >= 15 is 0 Å². The lowest BCUT2D eigenvalue weighted by Crippen LogP contribution is -2.31. The number of carbonyl (C=O) groups is 4. The van der Waals surface area contributed by atoms with Gasteiger partial charge in [0.25, 0.3) is 11.8 Å². The molecule has 6 nitrogen and oxygen atoms in total. The van der Waals surface area contributed by atoms with Crippen LogP contribution in [0, 0.1) is 0 Å². The number of imide groups is 1. The molecule has 0 saturated carbocycles. The van der Waals surface area contributed by atoms with Crippen molar-refractivity contribution in [1.29, 1.82) is 0 Å². The van der Waals surface area contributed by atoms with Crippen molar-refractivity contribution in [3.05, 3.63) is 83.1 Å². The van der Waals surface area contributed by atoms with Crippen molar-refractivity contribution in [2.24, 2.45) is 0 Å². The molecule has 2 aromatic carbocycles. The summed E-state index contributed by atoms with van der Waals surface area (Å²) in [6, 6.07) is 15.3. The Hall–Kier alpha value is -3.54. The van der Waals surface area contributed by atoms with E-state index in [1.807, 2.05) is 0 Å². The van der Waals surface area contributed by atoms with Crippen molar-refractivity contribution in [2.45, 2.75) is 12.8 Å². The summed E-state index contributed by atoms with van der Waals surface area (Å²) in [5, 5.41) is 0. The highest BCUT2D eigenvalue weighted by molar-refractivity contribution is 6.26. The molecular weight excluding hydrogens is 368 g/mol. The maximum atomic E-state index is 12.8. The number of fused-ring (bicyclic) bond motifs is 1. The van der Waals surface area contributed by atoms with Gasteiger partial charge in [0, 0.05) is 38.8 Å². The zero-order chi connectivity index (χ0) is 21.0. The second kappa shape index (κ2) is 8.65. The number of amides is 2. The highest BCUT2D eigenvalue weighted by Crippen LogP contribution is 2.23. The molecule has 0 unspecified atom stereocenters. The van der Waals surface area contributed by atoms with E-state index in [2.05, 4.69) is 0 Å². The minimum Gasteiger partial charge on any atom is -0.383 e. The highest BCUT2D eigenvalue weighted by Gasteiger charge is 2.34. The van der Waals surface area contributed by atoms with Crippen molar-refractivity contribution in [2.75, 3.05) is 20.6 Å². The molecule has 0 atom stereocenters. The van der Waals surface area contributed by atoms with Crippen LogP contribution in [0.1, 0.15) is 43.9 Å². The number of nitrogens with zero attached hydrogens (tertiary/aromatic N) is 2. The third-order valence-electron chi connectivity index (χ3n) is 4.63. The smallest absolute Gasteiger partial charge is 0.261 e. The molecule has 2 amide bonds. The lowest BCUT2D eigenvalue weighted by atomic mass is 9.98. The molecular formula is C23H22N2O4. The zero-order valence-electron chi connectivity index (χ0n) is 16.4. The fourth-order valence-electron chi connectivity index (χ4n) is 3.24. The molecule has 0 saturated heterocycles. The average Bonchev–Trinajstić information content (AvgIpc) is 2.97. The molecule has 0 fully saturated rings. The van der Waals surface area contributed by atoms with Gasteiger partial charge < -0.3 is 4.90 Å². The molecule has 0 N–H and O–H groups in total. The third kappa shape index (κ3) is 4.32. The number of allylic oxidation sites excluding steroid dienone is 1. The van der Waals surface area contributed by atoms with E-state index in [9.17, 15) is 19.2 Å². The van der Waals surface area contributed by atoms with Gasteiger partial charge in [0.15, 0.2) is 11.6 Å². The molecule has 29 heavy (non-hydrogen) atoms.